The number of carbonyl (C=O) groups is 1. The molecular weight excluding hydrogens is 204 g/mol. The predicted octanol–water partition coefficient (Wildman–Crippen LogP) is 3.83. The standard InChI is InChI=1S/C13H22OS/c1-4-5-6-7-10-15-12-9-8-11(14)13(12,2)3/h8-9,12H,4-7,10H2,1-3H3. The van der Waals surface area contributed by atoms with E-state index in [1.165, 1.54) is 31.4 Å². The summed E-state index contributed by atoms with van der Waals surface area (Å²) in [6, 6.07) is 0. The van der Waals surface area contributed by atoms with Crippen LogP contribution in [0.25, 0.3) is 0 Å². The Kier molecular flexibility index (Phi) is 4.91. The smallest absolute Gasteiger partial charge is 0.162 e. The van der Waals surface area contributed by atoms with Crippen molar-refractivity contribution in [3.8, 4) is 0 Å². The molecule has 0 heterocycles. The highest BCUT2D eigenvalue weighted by atomic mass is 32.2. The molecule has 1 atom stereocenters. The molecule has 0 amide bonds. The van der Waals surface area contributed by atoms with Crippen molar-refractivity contribution in [1.29, 1.82) is 0 Å². The monoisotopic (exact) mass is 226 g/mol. The van der Waals surface area contributed by atoms with Crippen LogP contribution in [0.3, 0.4) is 0 Å². The van der Waals surface area contributed by atoms with Gasteiger partial charge in [-0.15, -0.1) is 0 Å². The summed E-state index contributed by atoms with van der Waals surface area (Å²) in [7, 11) is 0. The summed E-state index contributed by atoms with van der Waals surface area (Å²) in [5, 5.41) is 0.395. The molecule has 86 valence electrons. The van der Waals surface area contributed by atoms with E-state index >= 15 is 0 Å². The lowest BCUT2D eigenvalue weighted by Gasteiger charge is -2.24. The van der Waals surface area contributed by atoms with Gasteiger partial charge in [-0.25, -0.2) is 0 Å². The number of rotatable bonds is 6. The van der Waals surface area contributed by atoms with Crippen LogP contribution in [-0.4, -0.2) is 16.8 Å². The molecule has 0 aliphatic heterocycles. The third kappa shape index (κ3) is 3.37. The Balaban J connectivity index is 2.22. The van der Waals surface area contributed by atoms with Crippen LogP contribution < -0.4 is 0 Å². The average molecular weight is 226 g/mol. The number of unbranched alkanes of at least 4 members (excludes halogenated alkanes) is 3. The molecule has 0 spiro atoms. The fraction of sp³-hybridized carbons (Fsp3) is 0.769. The first-order chi connectivity index (χ1) is 7.09. The fourth-order valence-electron chi connectivity index (χ4n) is 1.77. The number of carbonyl (C=O) groups excluding carboxylic acids is 1. The van der Waals surface area contributed by atoms with Crippen LogP contribution in [0.15, 0.2) is 12.2 Å². The van der Waals surface area contributed by atoms with Gasteiger partial charge in [-0.2, -0.15) is 11.8 Å². The van der Waals surface area contributed by atoms with Crippen molar-refractivity contribution in [1.82, 2.24) is 0 Å². The lowest BCUT2D eigenvalue weighted by atomic mass is 9.89. The molecule has 0 saturated carbocycles. The van der Waals surface area contributed by atoms with Gasteiger partial charge in [0.05, 0.1) is 0 Å². The molecule has 0 aromatic rings. The number of allylic oxidation sites excluding steroid dienone is 1. The molecule has 0 saturated heterocycles. The summed E-state index contributed by atoms with van der Waals surface area (Å²) in [6.45, 7) is 6.34. The molecule has 1 unspecified atom stereocenters. The summed E-state index contributed by atoms with van der Waals surface area (Å²) in [5.41, 5.74) is -0.171. The molecule has 0 fully saturated rings. The normalized spacial score (nSPS) is 23.7. The Morgan fingerprint density at radius 1 is 1.33 bits per heavy atom. The molecule has 2 heteroatoms. The van der Waals surface area contributed by atoms with Crippen LogP contribution in [0.2, 0.25) is 0 Å². The van der Waals surface area contributed by atoms with Crippen molar-refractivity contribution >= 4 is 17.5 Å². The molecule has 1 aliphatic carbocycles. The highest BCUT2D eigenvalue weighted by molar-refractivity contribution is 8.00. The first kappa shape index (κ1) is 12.8. The first-order valence-electron chi connectivity index (χ1n) is 5.93. The Morgan fingerprint density at radius 2 is 2.07 bits per heavy atom. The third-order valence-electron chi connectivity index (χ3n) is 3.06. The van der Waals surface area contributed by atoms with E-state index in [4.69, 9.17) is 0 Å². The van der Waals surface area contributed by atoms with Gasteiger partial charge in [0.25, 0.3) is 0 Å². The van der Waals surface area contributed by atoms with Crippen LogP contribution in [0.1, 0.15) is 46.5 Å². The largest absolute Gasteiger partial charge is 0.294 e. The van der Waals surface area contributed by atoms with Gasteiger partial charge in [-0.1, -0.05) is 46.1 Å². The van der Waals surface area contributed by atoms with E-state index < -0.39 is 0 Å². The summed E-state index contributed by atoms with van der Waals surface area (Å²) in [6.07, 6.45) is 9.07. The lowest BCUT2D eigenvalue weighted by Crippen LogP contribution is -2.28. The number of thioether (sulfide) groups is 1. The second kappa shape index (κ2) is 5.74. The average Bonchev–Trinajstić information content (AvgIpc) is 2.44. The van der Waals surface area contributed by atoms with E-state index in [0.29, 0.717) is 5.25 Å². The van der Waals surface area contributed by atoms with Crippen molar-refractivity contribution < 1.29 is 4.79 Å². The summed E-state index contributed by atoms with van der Waals surface area (Å²) >= 11 is 1.94. The molecule has 0 aromatic carbocycles. The van der Waals surface area contributed by atoms with E-state index in [1.807, 2.05) is 11.8 Å². The quantitative estimate of drug-likeness (QED) is 0.640. The van der Waals surface area contributed by atoms with Gasteiger partial charge in [0, 0.05) is 10.7 Å². The van der Waals surface area contributed by atoms with E-state index in [0.717, 1.165) is 0 Å². The van der Waals surface area contributed by atoms with Crippen LogP contribution >= 0.6 is 11.8 Å². The van der Waals surface area contributed by atoms with Gasteiger partial charge in [-0.3, -0.25) is 4.79 Å². The van der Waals surface area contributed by atoms with Crippen LogP contribution in [-0.2, 0) is 4.79 Å². The minimum absolute atomic E-state index is 0.171. The maximum atomic E-state index is 11.5. The summed E-state index contributed by atoms with van der Waals surface area (Å²) in [4.78, 5) is 11.5. The molecular formula is C13H22OS. The van der Waals surface area contributed by atoms with Gasteiger partial charge in [0.15, 0.2) is 5.78 Å². The SMILES string of the molecule is CCCCCCSC1C=CC(=O)C1(C)C. The first-order valence-corrected chi connectivity index (χ1v) is 6.98. The maximum absolute atomic E-state index is 11.5. The second-order valence-corrected chi connectivity index (χ2v) is 6.05. The molecule has 0 aromatic heterocycles. The molecule has 1 aliphatic rings. The van der Waals surface area contributed by atoms with Crippen LogP contribution in [0.4, 0.5) is 0 Å². The number of hydrogen-bond acceptors (Lipinski definition) is 2. The Hall–Kier alpha value is -0.240. The van der Waals surface area contributed by atoms with Crippen LogP contribution in [0.5, 0.6) is 0 Å². The van der Waals surface area contributed by atoms with E-state index in [1.54, 1.807) is 6.08 Å². The zero-order chi connectivity index (χ0) is 11.3. The minimum atomic E-state index is -0.171. The number of ketones is 1. The van der Waals surface area contributed by atoms with Crippen molar-refractivity contribution in [2.24, 2.45) is 5.41 Å². The van der Waals surface area contributed by atoms with Crippen molar-refractivity contribution in [3.05, 3.63) is 12.2 Å². The van der Waals surface area contributed by atoms with Crippen molar-refractivity contribution in [2.75, 3.05) is 5.75 Å². The lowest BCUT2D eigenvalue weighted by molar-refractivity contribution is -0.120. The molecule has 1 rings (SSSR count). The van der Waals surface area contributed by atoms with E-state index in [-0.39, 0.29) is 11.2 Å². The third-order valence-corrected chi connectivity index (χ3v) is 4.69. The molecule has 15 heavy (non-hydrogen) atoms. The maximum Gasteiger partial charge on any atom is 0.162 e. The summed E-state index contributed by atoms with van der Waals surface area (Å²) in [5.74, 6) is 1.47. The predicted molar refractivity (Wildman–Crippen MR) is 68.3 cm³/mol. The highest BCUT2D eigenvalue weighted by Crippen LogP contribution is 2.37. The summed E-state index contributed by atoms with van der Waals surface area (Å²) < 4.78 is 0. The fourth-order valence-corrected chi connectivity index (χ4v) is 3.12. The molecule has 0 radical (unpaired) electrons. The Bertz CT molecular complexity index is 243. The Morgan fingerprint density at radius 3 is 2.60 bits per heavy atom. The zero-order valence-corrected chi connectivity index (χ0v) is 10.9. The van der Waals surface area contributed by atoms with Crippen molar-refractivity contribution in [3.63, 3.8) is 0 Å². The second-order valence-electron chi connectivity index (χ2n) is 4.80. The van der Waals surface area contributed by atoms with Gasteiger partial charge in [-0.05, 0) is 18.2 Å². The van der Waals surface area contributed by atoms with E-state index in [9.17, 15) is 4.79 Å². The zero-order valence-electron chi connectivity index (χ0n) is 10.1. The number of hydrogen-bond donors (Lipinski definition) is 0. The van der Waals surface area contributed by atoms with E-state index in [2.05, 4.69) is 26.8 Å². The van der Waals surface area contributed by atoms with Gasteiger partial charge in [0.2, 0.25) is 0 Å². The van der Waals surface area contributed by atoms with Gasteiger partial charge < -0.3 is 0 Å². The van der Waals surface area contributed by atoms with Crippen molar-refractivity contribution in [2.45, 2.75) is 51.7 Å². The Labute approximate surface area is 97.7 Å². The van der Waals surface area contributed by atoms with Gasteiger partial charge >= 0.3 is 0 Å². The topological polar surface area (TPSA) is 17.1 Å². The van der Waals surface area contributed by atoms with Gasteiger partial charge in [0.1, 0.15) is 0 Å². The molecule has 0 bridgehead atoms. The highest BCUT2D eigenvalue weighted by Gasteiger charge is 2.37. The minimum Gasteiger partial charge on any atom is -0.294 e. The molecule has 0 N–H and O–H groups in total. The van der Waals surface area contributed by atoms with Crippen LogP contribution in [0, 0.1) is 5.41 Å². The molecule has 1 nitrogen and oxygen atoms in total.